The standard InChI is InChI=1S/C16H15ClFN/c17-14-8-12(6-7-15(14)18)9-16(10-19-11-16)13-4-2-1-3-5-13/h1-8,19H,9-11H2. The number of nitrogens with one attached hydrogen (secondary N) is 1. The van der Waals surface area contributed by atoms with Gasteiger partial charge >= 0.3 is 0 Å². The number of hydrogen-bond donors (Lipinski definition) is 1. The zero-order valence-electron chi connectivity index (χ0n) is 10.5. The Morgan fingerprint density at radius 3 is 2.42 bits per heavy atom. The Hall–Kier alpha value is -1.38. The zero-order valence-corrected chi connectivity index (χ0v) is 11.3. The van der Waals surface area contributed by atoms with Crippen molar-refractivity contribution in [3.63, 3.8) is 0 Å². The van der Waals surface area contributed by atoms with Crippen molar-refractivity contribution in [2.45, 2.75) is 11.8 Å². The highest BCUT2D eigenvalue weighted by molar-refractivity contribution is 6.30. The second-order valence-electron chi connectivity index (χ2n) is 5.18. The molecule has 2 aromatic carbocycles. The maximum atomic E-state index is 13.2. The first kappa shape index (κ1) is 12.6. The Bertz CT molecular complexity index is 579. The van der Waals surface area contributed by atoms with E-state index in [1.807, 2.05) is 12.1 Å². The van der Waals surface area contributed by atoms with Crippen LogP contribution >= 0.6 is 11.6 Å². The minimum atomic E-state index is -0.356. The molecule has 0 amide bonds. The number of hydrogen-bond acceptors (Lipinski definition) is 1. The zero-order chi connectivity index (χ0) is 13.3. The van der Waals surface area contributed by atoms with Crippen molar-refractivity contribution in [1.29, 1.82) is 0 Å². The molecule has 1 heterocycles. The normalized spacial score (nSPS) is 16.9. The van der Waals surface area contributed by atoms with Gasteiger partial charge in [0.1, 0.15) is 5.82 Å². The van der Waals surface area contributed by atoms with Crippen molar-refractivity contribution in [1.82, 2.24) is 5.32 Å². The summed E-state index contributed by atoms with van der Waals surface area (Å²) < 4.78 is 13.2. The predicted molar refractivity (Wildman–Crippen MR) is 76.1 cm³/mol. The molecule has 0 aromatic heterocycles. The minimum Gasteiger partial charge on any atom is -0.315 e. The molecule has 1 aliphatic heterocycles. The van der Waals surface area contributed by atoms with Gasteiger partial charge in [0.2, 0.25) is 0 Å². The Balaban J connectivity index is 1.89. The molecule has 0 bridgehead atoms. The highest BCUT2D eigenvalue weighted by atomic mass is 35.5. The predicted octanol–water partition coefficient (Wildman–Crippen LogP) is 3.56. The van der Waals surface area contributed by atoms with Gasteiger partial charge in [0, 0.05) is 18.5 Å². The van der Waals surface area contributed by atoms with E-state index in [-0.39, 0.29) is 16.3 Å². The molecule has 1 fully saturated rings. The van der Waals surface area contributed by atoms with Gasteiger partial charge in [0.15, 0.2) is 0 Å². The number of rotatable bonds is 3. The summed E-state index contributed by atoms with van der Waals surface area (Å²) in [6, 6.07) is 15.5. The fourth-order valence-corrected chi connectivity index (χ4v) is 2.89. The molecular weight excluding hydrogens is 261 g/mol. The average molecular weight is 276 g/mol. The van der Waals surface area contributed by atoms with E-state index in [1.54, 1.807) is 6.07 Å². The van der Waals surface area contributed by atoms with E-state index < -0.39 is 0 Å². The number of halogens is 2. The third-order valence-corrected chi connectivity index (χ3v) is 4.13. The van der Waals surface area contributed by atoms with E-state index in [4.69, 9.17) is 11.6 Å². The third-order valence-electron chi connectivity index (χ3n) is 3.84. The van der Waals surface area contributed by atoms with E-state index in [0.29, 0.717) is 0 Å². The molecular formula is C16H15ClFN. The van der Waals surface area contributed by atoms with E-state index in [0.717, 1.165) is 25.1 Å². The molecule has 0 spiro atoms. The number of benzene rings is 2. The summed E-state index contributed by atoms with van der Waals surface area (Å²) in [6.07, 6.45) is 0.879. The maximum absolute atomic E-state index is 13.2. The molecule has 1 saturated heterocycles. The van der Waals surface area contributed by atoms with Crippen LogP contribution in [0.5, 0.6) is 0 Å². The molecule has 1 N–H and O–H groups in total. The van der Waals surface area contributed by atoms with Crippen LogP contribution in [0.25, 0.3) is 0 Å². The topological polar surface area (TPSA) is 12.0 Å². The quantitative estimate of drug-likeness (QED) is 0.903. The lowest BCUT2D eigenvalue weighted by atomic mass is 9.71. The Kier molecular flexibility index (Phi) is 3.29. The van der Waals surface area contributed by atoms with Gasteiger partial charge in [-0.15, -0.1) is 0 Å². The molecule has 3 rings (SSSR count). The summed E-state index contributed by atoms with van der Waals surface area (Å²) in [6.45, 7) is 1.90. The summed E-state index contributed by atoms with van der Waals surface area (Å²) in [7, 11) is 0. The van der Waals surface area contributed by atoms with Gasteiger partial charge in [-0.2, -0.15) is 0 Å². The molecule has 0 unspecified atom stereocenters. The van der Waals surface area contributed by atoms with Gasteiger partial charge in [0.25, 0.3) is 0 Å². The molecule has 1 nitrogen and oxygen atoms in total. The fraction of sp³-hybridized carbons (Fsp3) is 0.250. The van der Waals surface area contributed by atoms with Crippen LogP contribution in [0, 0.1) is 5.82 Å². The highest BCUT2D eigenvalue weighted by Gasteiger charge is 2.38. The van der Waals surface area contributed by atoms with Crippen molar-refractivity contribution < 1.29 is 4.39 Å². The van der Waals surface area contributed by atoms with Crippen LogP contribution in [0.1, 0.15) is 11.1 Å². The molecule has 98 valence electrons. The second kappa shape index (κ2) is 4.95. The van der Waals surface area contributed by atoms with E-state index >= 15 is 0 Å². The van der Waals surface area contributed by atoms with Gasteiger partial charge in [-0.3, -0.25) is 0 Å². The molecule has 0 atom stereocenters. The molecule has 3 heteroatoms. The Morgan fingerprint density at radius 1 is 1.11 bits per heavy atom. The SMILES string of the molecule is Fc1ccc(CC2(c3ccccc3)CNC2)cc1Cl. The fourth-order valence-electron chi connectivity index (χ4n) is 2.69. The van der Waals surface area contributed by atoms with Gasteiger partial charge in [-0.1, -0.05) is 48.0 Å². The Morgan fingerprint density at radius 2 is 1.84 bits per heavy atom. The molecule has 19 heavy (non-hydrogen) atoms. The molecule has 1 aliphatic rings. The average Bonchev–Trinajstić information content (AvgIpc) is 2.39. The monoisotopic (exact) mass is 275 g/mol. The summed E-state index contributed by atoms with van der Waals surface area (Å²) in [4.78, 5) is 0. The molecule has 0 aliphatic carbocycles. The van der Waals surface area contributed by atoms with Gasteiger partial charge in [-0.05, 0) is 29.7 Å². The first-order chi connectivity index (χ1) is 9.20. The van der Waals surface area contributed by atoms with Gasteiger partial charge in [0.05, 0.1) is 5.02 Å². The maximum Gasteiger partial charge on any atom is 0.141 e. The largest absolute Gasteiger partial charge is 0.315 e. The van der Waals surface area contributed by atoms with Crippen LogP contribution in [0.15, 0.2) is 48.5 Å². The van der Waals surface area contributed by atoms with Gasteiger partial charge < -0.3 is 5.32 Å². The first-order valence-corrected chi connectivity index (χ1v) is 6.78. The highest BCUT2D eigenvalue weighted by Crippen LogP contribution is 2.33. The van der Waals surface area contributed by atoms with E-state index in [9.17, 15) is 4.39 Å². The first-order valence-electron chi connectivity index (χ1n) is 6.40. The van der Waals surface area contributed by atoms with Crippen molar-refractivity contribution in [3.8, 4) is 0 Å². The summed E-state index contributed by atoms with van der Waals surface area (Å²) in [5.41, 5.74) is 2.52. The third kappa shape index (κ3) is 2.38. The Labute approximate surface area is 117 Å². The lowest BCUT2D eigenvalue weighted by Crippen LogP contribution is -2.58. The van der Waals surface area contributed by atoms with Crippen molar-refractivity contribution >= 4 is 11.6 Å². The van der Waals surface area contributed by atoms with Gasteiger partial charge in [-0.25, -0.2) is 4.39 Å². The van der Waals surface area contributed by atoms with E-state index in [1.165, 1.54) is 11.6 Å². The molecule has 0 saturated carbocycles. The van der Waals surface area contributed by atoms with E-state index in [2.05, 4.69) is 29.6 Å². The molecule has 0 radical (unpaired) electrons. The van der Waals surface area contributed by atoms with Crippen LogP contribution in [0.2, 0.25) is 5.02 Å². The summed E-state index contributed by atoms with van der Waals surface area (Å²) in [5, 5.41) is 3.54. The summed E-state index contributed by atoms with van der Waals surface area (Å²) in [5.74, 6) is -0.356. The smallest absolute Gasteiger partial charge is 0.141 e. The van der Waals surface area contributed by atoms with Crippen molar-refractivity contribution in [2.24, 2.45) is 0 Å². The van der Waals surface area contributed by atoms with Crippen LogP contribution in [-0.4, -0.2) is 13.1 Å². The lowest BCUT2D eigenvalue weighted by Gasteiger charge is -2.43. The summed E-state index contributed by atoms with van der Waals surface area (Å²) >= 11 is 5.86. The second-order valence-corrected chi connectivity index (χ2v) is 5.58. The van der Waals surface area contributed by atoms with Crippen LogP contribution < -0.4 is 5.32 Å². The minimum absolute atomic E-state index is 0.114. The van der Waals surface area contributed by atoms with Crippen LogP contribution in [0.3, 0.4) is 0 Å². The lowest BCUT2D eigenvalue weighted by molar-refractivity contribution is 0.274. The van der Waals surface area contributed by atoms with Crippen LogP contribution in [0.4, 0.5) is 4.39 Å². The van der Waals surface area contributed by atoms with Crippen molar-refractivity contribution in [3.05, 3.63) is 70.5 Å². The van der Waals surface area contributed by atoms with Crippen molar-refractivity contribution in [2.75, 3.05) is 13.1 Å². The molecule has 2 aromatic rings. The van der Waals surface area contributed by atoms with Crippen LogP contribution in [-0.2, 0) is 11.8 Å².